The van der Waals surface area contributed by atoms with Crippen LogP contribution in [0.3, 0.4) is 0 Å². The van der Waals surface area contributed by atoms with E-state index in [4.69, 9.17) is 4.42 Å². The number of hydrogen-bond donors (Lipinski definition) is 1. The average Bonchev–Trinajstić information content (AvgIpc) is 3.25. The van der Waals surface area contributed by atoms with Gasteiger partial charge in [0.1, 0.15) is 11.0 Å². The summed E-state index contributed by atoms with van der Waals surface area (Å²) < 4.78 is 6.00. The molecule has 5 aromatic rings. The van der Waals surface area contributed by atoms with E-state index in [0.717, 1.165) is 17.4 Å². The van der Waals surface area contributed by atoms with Crippen LogP contribution in [0, 0.1) is 0 Å². The summed E-state index contributed by atoms with van der Waals surface area (Å²) in [5.41, 5.74) is 5.73. The fourth-order valence-electron chi connectivity index (χ4n) is 4.24. The Bertz CT molecular complexity index is 1420. The molecule has 124 valence electrons. The van der Waals surface area contributed by atoms with Crippen molar-refractivity contribution in [2.45, 2.75) is 12.3 Å². The molecule has 6 rings (SSSR count). The minimum absolute atomic E-state index is 0.376. The fraction of sp³-hybridized carbons (Fsp3) is 0.0833. The smallest absolute Gasteiger partial charge is 0.135 e. The summed E-state index contributed by atoms with van der Waals surface area (Å²) >= 11 is 0. The highest BCUT2D eigenvalue weighted by Crippen LogP contribution is 2.31. The van der Waals surface area contributed by atoms with Crippen molar-refractivity contribution < 1.29 is 4.42 Å². The fourth-order valence-corrected chi connectivity index (χ4v) is 4.24. The molecule has 0 fully saturated rings. The minimum Gasteiger partial charge on any atom is -0.456 e. The molecule has 26 heavy (non-hydrogen) atoms. The third-order valence-electron chi connectivity index (χ3n) is 5.55. The van der Waals surface area contributed by atoms with Crippen LogP contribution in [0.2, 0.25) is 0 Å². The molecular formula is C24H17NO. The monoisotopic (exact) mass is 335 g/mol. The van der Waals surface area contributed by atoms with Gasteiger partial charge < -0.3 is 9.40 Å². The molecule has 3 aromatic carbocycles. The Hall–Kier alpha value is -3.26. The number of furan rings is 1. The summed E-state index contributed by atoms with van der Waals surface area (Å²) in [5, 5.41) is 5.03. The van der Waals surface area contributed by atoms with Crippen molar-refractivity contribution in [3.63, 3.8) is 0 Å². The second-order valence-electron chi connectivity index (χ2n) is 7.06. The van der Waals surface area contributed by atoms with Gasteiger partial charge in [0.25, 0.3) is 0 Å². The van der Waals surface area contributed by atoms with Crippen LogP contribution in [-0.4, -0.2) is 4.98 Å². The zero-order valence-corrected chi connectivity index (χ0v) is 14.2. The first-order chi connectivity index (χ1) is 12.9. The first kappa shape index (κ1) is 14.0. The predicted molar refractivity (Wildman–Crippen MR) is 108 cm³/mol. The Kier molecular flexibility index (Phi) is 2.75. The van der Waals surface area contributed by atoms with E-state index in [0.29, 0.717) is 5.92 Å². The third kappa shape index (κ3) is 1.93. The van der Waals surface area contributed by atoms with Crippen molar-refractivity contribution in [3.05, 3.63) is 82.9 Å². The number of aromatic amines is 1. The van der Waals surface area contributed by atoms with Gasteiger partial charge in [0, 0.05) is 38.3 Å². The summed E-state index contributed by atoms with van der Waals surface area (Å²) in [6, 6.07) is 23.6. The highest BCUT2D eigenvalue weighted by molar-refractivity contribution is 6.07. The molecule has 1 aliphatic rings. The zero-order chi connectivity index (χ0) is 17.1. The lowest BCUT2D eigenvalue weighted by atomic mass is 9.90. The second kappa shape index (κ2) is 5.12. The molecule has 1 aliphatic carbocycles. The molecule has 1 N–H and O–H groups in total. The molecule has 1 unspecified atom stereocenters. The molecule has 2 aromatic heterocycles. The van der Waals surface area contributed by atoms with Crippen LogP contribution in [-0.2, 0) is 0 Å². The number of fused-ring (bicyclic) bond motifs is 6. The lowest BCUT2D eigenvalue weighted by molar-refractivity contribution is 0.570. The van der Waals surface area contributed by atoms with Crippen LogP contribution in [0.4, 0.5) is 0 Å². The van der Waals surface area contributed by atoms with Crippen LogP contribution >= 0.6 is 0 Å². The van der Waals surface area contributed by atoms with Crippen molar-refractivity contribution >= 4 is 44.9 Å². The quantitative estimate of drug-likeness (QED) is 0.468. The number of hydrogen-bond acceptors (Lipinski definition) is 1. The number of para-hydroxylation sites is 2. The van der Waals surface area contributed by atoms with Gasteiger partial charge in [0.2, 0.25) is 0 Å². The average molecular weight is 335 g/mol. The number of H-pyrrole nitrogens is 1. The standard InChI is InChI=1S/C24H17NO/c1-3-7-21-17(5-1)19-13-15(9-11-22(19)25-21)16-10-12-24-20(14-16)18-6-2-4-8-23(18)26-24/h1-9,11-14,16,25H,10H2. The molecule has 0 saturated heterocycles. The second-order valence-corrected chi connectivity index (χ2v) is 7.06. The van der Waals surface area contributed by atoms with E-state index in [1.54, 1.807) is 0 Å². The topological polar surface area (TPSA) is 28.9 Å². The van der Waals surface area contributed by atoms with Crippen LogP contribution < -0.4 is 10.6 Å². The van der Waals surface area contributed by atoms with E-state index in [-0.39, 0.29) is 0 Å². The summed E-state index contributed by atoms with van der Waals surface area (Å²) in [4.78, 5) is 3.51. The van der Waals surface area contributed by atoms with Gasteiger partial charge in [-0.05, 0) is 42.3 Å². The molecule has 1 atom stereocenters. The molecule has 0 radical (unpaired) electrons. The molecule has 2 heteroatoms. The SMILES string of the molecule is C1=c2oc3ccccc3c2=CC(c2ccc3[nH]c4ccccc4c3c2)C1. The van der Waals surface area contributed by atoms with Gasteiger partial charge in [-0.25, -0.2) is 0 Å². The van der Waals surface area contributed by atoms with Crippen molar-refractivity contribution in [3.8, 4) is 0 Å². The number of aromatic nitrogens is 1. The van der Waals surface area contributed by atoms with E-state index < -0.39 is 0 Å². The van der Waals surface area contributed by atoms with Gasteiger partial charge >= 0.3 is 0 Å². The van der Waals surface area contributed by atoms with Gasteiger partial charge in [-0.1, -0.05) is 48.5 Å². The first-order valence-electron chi connectivity index (χ1n) is 9.07. The van der Waals surface area contributed by atoms with Gasteiger partial charge in [-0.2, -0.15) is 0 Å². The summed E-state index contributed by atoms with van der Waals surface area (Å²) in [6.45, 7) is 0. The third-order valence-corrected chi connectivity index (χ3v) is 5.55. The summed E-state index contributed by atoms with van der Waals surface area (Å²) in [5.74, 6) is 0.376. The largest absolute Gasteiger partial charge is 0.456 e. The Morgan fingerprint density at radius 3 is 2.58 bits per heavy atom. The summed E-state index contributed by atoms with van der Waals surface area (Å²) in [7, 11) is 0. The van der Waals surface area contributed by atoms with E-state index >= 15 is 0 Å². The van der Waals surface area contributed by atoms with Gasteiger partial charge in [0.05, 0.1) is 0 Å². The van der Waals surface area contributed by atoms with Crippen LogP contribution in [0.5, 0.6) is 0 Å². The molecule has 2 heterocycles. The molecule has 0 saturated carbocycles. The lowest BCUT2D eigenvalue weighted by Crippen LogP contribution is -2.24. The number of benzene rings is 3. The maximum atomic E-state index is 6.00. The maximum absolute atomic E-state index is 6.00. The Morgan fingerprint density at radius 1 is 0.808 bits per heavy atom. The molecular weight excluding hydrogens is 318 g/mol. The highest BCUT2D eigenvalue weighted by atomic mass is 16.3. The van der Waals surface area contributed by atoms with Crippen molar-refractivity contribution in [1.82, 2.24) is 4.98 Å². The zero-order valence-electron chi connectivity index (χ0n) is 14.2. The van der Waals surface area contributed by atoms with Crippen molar-refractivity contribution in [1.29, 1.82) is 0 Å². The maximum Gasteiger partial charge on any atom is 0.135 e. The number of rotatable bonds is 1. The van der Waals surface area contributed by atoms with Crippen LogP contribution in [0.15, 0.2) is 71.1 Å². The molecule has 2 nitrogen and oxygen atoms in total. The van der Waals surface area contributed by atoms with E-state index in [1.807, 2.05) is 12.1 Å². The molecule has 0 bridgehead atoms. The normalized spacial score (nSPS) is 16.5. The van der Waals surface area contributed by atoms with Gasteiger partial charge in [-0.3, -0.25) is 0 Å². The van der Waals surface area contributed by atoms with Crippen LogP contribution in [0.25, 0.3) is 44.9 Å². The Morgan fingerprint density at radius 2 is 1.62 bits per heavy atom. The van der Waals surface area contributed by atoms with Crippen LogP contribution in [0.1, 0.15) is 17.9 Å². The first-order valence-corrected chi connectivity index (χ1v) is 9.07. The highest BCUT2D eigenvalue weighted by Gasteiger charge is 2.15. The molecule has 0 spiro atoms. The minimum atomic E-state index is 0.376. The Balaban J connectivity index is 1.56. The summed E-state index contributed by atoms with van der Waals surface area (Å²) in [6.07, 6.45) is 5.58. The lowest BCUT2D eigenvalue weighted by Gasteiger charge is -2.13. The van der Waals surface area contributed by atoms with Crippen molar-refractivity contribution in [2.75, 3.05) is 0 Å². The van der Waals surface area contributed by atoms with E-state index in [2.05, 4.69) is 71.7 Å². The van der Waals surface area contributed by atoms with Crippen molar-refractivity contribution in [2.24, 2.45) is 0 Å². The molecule has 0 aliphatic heterocycles. The number of nitrogens with one attached hydrogen (secondary N) is 1. The Labute approximate surface area is 150 Å². The van der Waals surface area contributed by atoms with Gasteiger partial charge in [-0.15, -0.1) is 0 Å². The van der Waals surface area contributed by atoms with E-state index in [9.17, 15) is 0 Å². The van der Waals surface area contributed by atoms with E-state index in [1.165, 1.54) is 38.0 Å². The van der Waals surface area contributed by atoms with Gasteiger partial charge in [0.15, 0.2) is 0 Å². The molecule has 0 amide bonds. The predicted octanol–water partition coefficient (Wildman–Crippen LogP) is 4.82.